The van der Waals surface area contributed by atoms with Crippen molar-refractivity contribution in [1.82, 2.24) is 19.1 Å². The number of rotatable bonds is 8. The molecule has 0 amide bonds. The van der Waals surface area contributed by atoms with Crippen molar-refractivity contribution in [3.8, 4) is 11.4 Å². The molecule has 0 unspecified atom stereocenters. The van der Waals surface area contributed by atoms with E-state index in [9.17, 15) is 18.4 Å². The van der Waals surface area contributed by atoms with Crippen LogP contribution in [0.4, 0.5) is 8.78 Å². The van der Waals surface area contributed by atoms with Crippen molar-refractivity contribution in [2.24, 2.45) is 9.98 Å². The number of benzene rings is 4. The third kappa shape index (κ3) is 6.01. The SMILES string of the molecule is C[C@@H]1N=C(c2ccccc2F)c2ccccc2-n2cnc(C(=O)OCCCOC(=O)c3ncn4c3[C@H](C)N=C(c3ccccc3F)c3ccccc3-4)c21. The Hall–Kier alpha value is -6.56. The second-order valence-electron chi connectivity index (χ2n) is 12.6. The molecule has 0 spiro atoms. The molecule has 2 aromatic heterocycles. The zero-order valence-electron chi connectivity index (χ0n) is 28.7. The molecule has 0 fully saturated rings. The highest BCUT2D eigenvalue weighted by atomic mass is 19.1. The smallest absolute Gasteiger partial charge is 0.358 e. The minimum Gasteiger partial charge on any atom is -0.461 e. The third-order valence-corrected chi connectivity index (χ3v) is 9.28. The van der Waals surface area contributed by atoms with E-state index in [0.717, 1.165) is 0 Å². The van der Waals surface area contributed by atoms with Crippen molar-refractivity contribution < 1.29 is 27.8 Å². The molecule has 53 heavy (non-hydrogen) atoms. The predicted molar refractivity (Wildman–Crippen MR) is 193 cm³/mol. The van der Waals surface area contributed by atoms with Gasteiger partial charge in [-0.25, -0.2) is 28.3 Å². The maximum absolute atomic E-state index is 14.9. The van der Waals surface area contributed by atoms with E-state index in [4.69, 9.17) is 19.5 Å². The summed E-state index contributed by atoms with van der Waals surface area (Å²) in [5.41, 5.74) is 5.68. The summed E-state index contributed by atoms with van der Waals surface area (Å²) in [5.74, 6) is -2.11. The number of aliphatic imine (C=N–C) groups is 2. The van der Waals surface area contributed by atoms with Gasteiger partial charge in [-0.15, -0.1) is 0 Å². The van der Waals surface area contributed by atoms with Crippen molar-refractivity contribution in [2.45, 2.75) is 32.4 Å². The maximum Gasteiger partial charge on any atom is 0.358 e. The zero-order chi connectivity index (χ0) is 36.6. The number of nitrogens with zero attached hydrogens (tertiary/aromatic N) is 6. The highest BCUT2D eigenvalue weighted by Gasteiger charge is 2.31. The first-order chi connectivity index (χ1) is 25.8. The summed E-state index contributed by atoms with van der Waals surface area (Å²) >= 11 is 0. The second kappa shape index (κ2) is 13.9. The van der Waals surface area contributed by atoms with Crippen molar-refractivity contribution in [1.29, 1.82) is 0 Å². The van der Waals surface area contributed by atoms with Crippen molar-refractivity contribution in [3.63, 3.8) is 0 Å². The van der Waals surface area contributed by atoms with E-state index < -0.39 is 35.7 Å². The fourth-order valence-corrected chi connectivity index (χ4v) is 6.89. The van der Waals surface area contributed by atoms with Gasteiger partial charge in [0.1, 0.15) is 24.3 Å². The summed E-state index contributed by atoms with van der Waals surface area (Å²) in [6.07, 6.45) is 3.30. The average molecular weight is 711 g/mol. The van der Waals surface area contributed by atoms with Crippen LogP contribution in [0.3, 0.4) is 0 Å². The molecule has 0 N–H and O–H groups in total. The number of hydrogen-bond acceptors (Lipinski definition) is 8. The van der Waals surface area contributed by atoms with Crippen LogP contribution in [0.15, 0.2) is 120 Å². The van der Waals surface area contributed by atoms with E-state index in [2.05, 4.69) is 9.97 Å². The van der Waals surface area contributed by atoms with Gasteiger partial charge in [0.05, 0.1) is 59.5 Å². The average Bonchev–Trinajstić information content (AvgIpc) is 3.77. The van der Waals surface area contributed by atoms with Crippen LogP contribution in [-0.4, -0.2) is 55.7 Å². The Balaban J connectivity index is 0.957. The van der Waals surface area contributed by atoms with E-state index >= 15 is 0 Å². The van der Waals surface area contributed by atoms with Crippen LogP contribution in [0.25, 0.3) is 11.4 Å². The largest absolute Gasteiger partial charge is 0.461 e. The molecule has 0 bridgehead atoms. The van der Waals surface area contributed by atoms with Gasteiger partial charge >= 0.3 is 11.9 Å². The molecule has 12 heteroatoms. The molecule has 2 aliphatic rings. The van der Waals surface area contributed by atoms with Gasteiger partial charge in [0.25, 0.3) is 0 Å². The molecule has 6 aromatic rings. The zero-order valence-corrected chi connectivity index (χ0v) is 28.7. The highest BCUT2D eigenvalue weighted by Crippen LogP contribution is 2.35. The summed E-state index contributed by atoms with van der Waals surface area (Å²) in [7, 11) is 0. The van der Waals surface area contributed by atoms with Gasteiger partial charge < -0.3 is 9.47 Å². The van der Waals surface area contributed by atoms with Crippen LogP contribution in [0, 0.1) is 11.6 Å². The number of carbonyl (C=O) groups excluding carboxylic acids is 2. The summed E-state index contributed by atoms with van der Waals surface area (Å²) in [6, 6.07) is 26.6. The molecular formula is C41H32F2N6O4. The topological polar surface area (TPSA) is 113 Å². The van der Waals surface area contributed by atoms with Gasteiger partial charge in [-0.1, -0.05) is 60.7 Å². The number of fused-ring (bicyclic) bond motifs is 6. The molecule has 0 aliphatic carbocycles. The summed E-state index contributed by atoms with van der Waals surface area (Å²) in [6.45, 7) is 3.54. The summed E-state index contributed by atoms with van der Waals surface area (Å²) < 4.78 is 44.6. The van der Waals surface area contributed by atoms with E-state index in [1.54, 1.807) is 58.2 Å². The lowest BCUT2D eigenvalue weighted by molar-refractivity contribution is 0.0387. The Morgan fingerprint density at radius 1 is 0.585 bits per heavy atom. The van der Waals surface area contributed by atoms with E-state index in [1.165, 1.54) is 12.1 Å². The van der Waals surface area contributed by atoms with E-state index in [0.29, 0.717) is 56.4 Å². The lowest BCUT2D eigenvalue weighted by Crippen LogP contribution is -2.15. The summed E-state index contributed by atoms with van der Waals surface area (Å²) in [4.78, 5) is 45.2. The van der Waals surface area contributed by atoms with Gasteiger partial charge in [0, 0.05) is 28.7 Å². The van der Waals surface area contributed by atoms with Crippen LogP contribution in [0.5, 0.6) is 0 Å². The first kappa shape index (κ1) is 33.6. The fraction of sp³-hybridized carbons (Fsp3) is 0.171. The molecule has 8 rings (SSSR count). The minimum atomic E-state index is -0.658. The fourth-order valence-electron chi connectivity index (χ4n) is 6.89. The van der Waals surface area contributed by atoms with E-state index in [-0.39, 0.29) is 31.0 Å². The quantitative estimate of drug-likeness (QED) is 0.119. The molecule has 4 aromatic carbocycles. The van der Waals surface area contributed by atoms with Crippen LogP contribution >= 0.6 is 0 Å². The van der Waals surface area contributed by atoms with Gasteiger partial charge in [-0.05, 0) is 50.2 Å². The number of ether oxygens (including phenoxy) is 2. The van der Waals surface area contributed by atoms with Gasteiger partial charge in [-0.2, -0.15) is 0 Å². The molecule has 2 atom stereocenters. The Bertz CT molecular complexity index is 2300. The lowest BCUT2D eigenvalue weighted by Gasteiger charge is -2.12. The Morgan fingerprint density at radius 3 is 1.38 bits per heavy atom. The first-order valence-corrected chi connectivity index (χ1v) is 17.2. The van der Waals surface area contributed by atoms with Crippen molar-refractivity contribution in [2.75, 3.05) is 13.2 Å². The molecular weight excluding hydrogens is 678 g/mol. The number of imidazole rings is 2. The Labute approximate surface area is 303 Å². The third-order valence-electron chi connectivity index (χ3n) is 9.28. The first-order valence-electron chi connectivity index (χ1n) is 17.2. The predicted octanol–water partition coefficient (Wildman–Crippen LogP) is 7.56. The number of aromatic nitrogens is 4. The number of hydrogen-bond donors (Lipinski definition) is 0. The maximum atomic E-state index is 14.9. The molecule has 0 saturated heterocycles. The molecule has 0 radical (unpaired) electrons. The van der Waals surface area contributed by atoms with Crippen LogP contribution in [0.2, 0.25) is 0 Å². The molecule has 2 aliphatic heterocycles. The van der Waals surface area contributed by atoms with Gasteiger partial charge in [0.15, 0.2) is 11.4 Å². The minimum absolute atomic E-state index is 0.0471. The van der Waals surface area contributed by atoms with Crippen molar-refractivity contribution >= 4 is 23.4 Å². The highest BCUT2D eigenvalue weighted by molar-refractivity contribution is 6.16. The van der Waals surface area contributed by atoms with Crippen LogP contribution in [-0.2, 0) is 9.47 Å². The molecule has 10 nitrogen and oxygen atoms in total. The lowest BCUT2D eigenvalue weighted by atomic mass is 10.00. The number of esters is 2. The van der Waals surface area contributed by atoms with Crippen LogP contribution < -0.4 is 0 Å². The number of halogens is 2. The van der Waals surface area contributed by atoms with Gasteiger partial charge in [-0.3, -0.25) is 19.1 Å². The molecule has 4 heterocycles. The normalized spacial score (nSPS) is 15.8. The Morgan fingerprint density at radius 2 is 0.962 bits per heavy atom. The monoisotopic (exact) mass is 710 g/mol. The number of para-hydroxylation sites is 2. The molecule has 264 valence electrons. The Kier molecular flexibility index (Phi) is 8.79. The standard InChI is InChI=1S/C41H32F2N6O4/c1-24-38-36(44-22-48(38)32-18-9-5-14-28(32)34(46-24)26-12-3-7-16-30(26)42)40(50)52-20-11-21-53-41(51)37-39-25(2)47-35(27-13-4-8-17-31(27)43)29-15-6-10-19-33(29)49(39)23-45-37/h3-10,12-19,22-25H,11,20-21H2,1-2H3/t24-,25-/m0/s1. The van der Waals surface area contributed by atoms with Crippen molar-refractivity contribution in [3.05, 3.63) is 166 Å². The van der Waals surface area contributed by atoms with Gasteiger partial charge in [0.2, 0.25) is 0 Å². The number of carbonyl (C=O) groups is 2. The molecule has 0 saturated carbocycles. The van der Waals surface area contributed by atoms with Crippen LogP contribution in [0.1, 0.15) is 87.0 Å². The van der Waals surface area contributed by atoms with E-state index in [1.807, 2.05) is 62.4 Å². The second-order valence-corrected chi connectivity index (χ2v) is 12.6. The summed E-state index contributed by atoms with van der Waals surface area (Å²) in [5, 5.41) is 0.